The number of hydrazine groups is 1. The van der Waals surface area contributed by atoms with Crippen molar-refractivity contribution >= 4 is 11.7 Å². The Kier molecular flexibility index (Phi) is 3.21. The summed E-state index contributed by atoms with van der Waals surface area (Å²) in [5.74, 6) is 5.29. The topological polar surface area (TPSA) is 92.9 Å². The molecule has 0 bridgehead atoms. The van der Waals surface area contributed by atoms with Gasteiger partial charge in [-0.15, -0.1) is 10.2 Å². The van der Waals surface area contributed by atoms with Crippen LogP contribution in [0.1, 0.15) is 31.3 Å². The van der Waals surface area contributed by atoms with Crippen LogP contribution >= 0.6 is 0 Å². The van der Waals surface area contributed by atoms with Crippen LogP contribution in [0, 0.1) is 0 Å². The molecule has 1 aromatic rings. The fourth-order valence-electron chi connectivity index (χ4n) is 0.935. The number of nitrogens with one attached hydrogen (secondary N) is 2. The third-order valence-corrected chi connectivity index (χ3v) is 1.53. The van der Waals surface area contributed by atoms with Crippen molar-refractivity contribution in [3.05, 3.63) is 17.8 Å². The second-order valence-electron chi connectivity index (χ2n) is 4.15. The molecule has 82 valence electrons. The van der Waals surface area contributed by atoms with Gasteiger partial charge < -0.3 is 10.7 Å². The lowest BCUT2D eigenvalue weighted by Crippen LogP contribution is -2.41. The van der Waals surface area contributed by atoms with Crippen molar-refractivity contribution in [3.8, 4) is 0 Å². The molecule has 0 aliphatic rings. The van der Waals surface area contributed by atoms with Crippen molar-refractivity contribution in [2.75, 3.05) is 5.43 Å². The molecule has 6 nitrogen and oxygen atoms in total. The number of hydrogen-bond acceptors (Lipinski definition) is 5. The first-order valence-corrected chi connectivity index (χ1v) is 4.55. The Balaban J connectivity index is 2.75. The minimum Gasteiger partial charge on any atom is -0.346 e. The second kappa shape index (κ2) is 4.22. The van der Waals surface area contributed by atoms with Crippen LogP contribution < -0.4 is 16.6 Å². The summed E-state index contributed by atoms with van der Waals surface area (Å²) in [5, 5.41) is 10.2. The molecular weight excluding hydrogens is 194 g/mol. The Morgan fingerprint density at radius 3 is 2.40 bits per heavy atom. The summed E-state index contributed by atoms with van der Waals surface area (Å²) in [6.45, 7) is 5.69. The molecule has 0 saturated heterocycles. The van der Waals surface area contributed by atoms with Crippen LogP contribution in [-0.4, -0.2) is 21.6 Å². The second-order valence-corrected chi connectivity index (χ2v) is 4.15. The van der Waals surface area contributed by atoms with Crippen molar-refractivity contribution in [3.63, 3.8) is 0 Å². The van der Waals surface area contributed by atoms with E-state index in [1.54, 1.807) is 12.1 Å². The van der Waals surface area contributed by atoms with Gasteiger partial charge in [0, 0.05) is 5.54 Å². The van der Waals surface area contributed by atoms with Crippen LogP contribution in [0.2, 0.25) is 0 Å². The molecule has 0 atom stereocenters. The number of nitrogen functional groups attached to an aromatic ring is 1. The van der Waals surface area contributed by atoms with Crippen molar-refractivity contribution in [1.29, 1.82) is 0 Å². The molecule has 1 aromatic heterocycles. The Bertz CT molecular complexity index is 341. The van der Waals surface area contributed by atoms with Gasteiger partial charge in [-0.05, 0) is 32.9 Å². The summed E-state index contributed by atoms with van der Waals surface area (Å²) in [6.07, 6.45) is 0. The largest absolute Gasteiger partial charge is 0.346 e. The van der Waals surface area contributed by atoms with Gasteiger partial charge in [0.1, 0.15) is 0 Å². The summed E-state index contributed by atoms with van der Waals surface area (Å²) in [5.41, 5.74) is 2.32. The van der Waals surface area contributed by atoms with E-state index in [0.29, 0.717) is 5.82 Å². The van der Waals surface area contributed by atoms with Gasteiger partial charge >= 0.3 is 0 Å². The summed E-state index contributed by atoms with van der Waals surface area (Å²) in [4.78, 5) is 11.6. The molecule has 6 heteroatoms. The van der Waals surface area contributed by atoms with Crippen LogP contribution in [0.3, 0.4) is 0 Å². The van der Waals surface area contributed by atoms with Gasteiger partial charge in [0.2, 0.25) is 0 Å². The van der Waals surface area contributed by atoms with E-state index in [1.165, 1.54) is 0 Å². The number of nitrogens with zero attached hydrogens (tertiary/aromatic N) is 2. The van der Waals surface area contributed by atoms with Crippen LogP contribution in [0.5, 0.6) is 0 Å². The first-order chi connectivity index (χ1) is 6.92. The normalized spacial score (nSPS) is 10.9. The zero-order valence-corrected chi connectivity index (χ0v) is 9.03. The van der Waals surface area contributed by atoms with E-state index in [0.717, 1.165) is 0 Å². The lowest BCUT2D eigenvalue weighted by Gasteiger charge is -2.19. The van der Waals surface area contributed by atoms with Crippen molar-refractivity contribution in [2.45, 2.75) is 26.3 Å². The van der Waals surface area contributed by atoms with Gasteiger partial charge in [-0.25, -0.2) is 5.84 Å². The molecule has 1 heterocycles. The molecule has 0 aliphatic carbocycles. The maximum absolute atomic E-state index is 11.6. The predicted molar refractivity (Wildman–Crippen MR) is 57.1 cm³/mol. The van der Waals surface area contributed by atoms with Crippen LogP contribution in [-0.2, 0) is 0 Å². The van der Waals surface area contributed by atoms with E-state index in [-0.39, 0.29) is 17.1 Å². The molecule has 0 aromatic carbocycles. The first-order valence-electron chi connectivity index (χ1n) is 4.55. The smallest absolute Gasteiger partial charge is 0.272 e. The molecule has 0 spiro atoms. The van der Waals surface area contributed by atoms with Crippen LogP contribution in [0.15, 0.2) is 12.1 Å². The summed E-state index contributed by atoms with van der Waals surface area (Å²) >= 11 is 0. The molecule has 15 heavy (non-hydrogen) atoms. The van der Waals surface area contributed by atoms with Gasteiger partial charge in [0.25, 0.3) is 5.91 Å². The molecule has 0 fully saturated rings. The highest BCUT2D eigenvalue weighted by Gasteiger charge is 2.16. The number of aromatic nitrogens is 2. The maximum Gasteiger partial charge on any atom is 0.272 e. The molecule has 0 aliphatic heterocycles. The number of amides is 1. The third kappa shape index (κ3) is 3.51. The van der Waals surface area contributed by atoms with Gasteiger partial charge in [0.05, 0.1) is 0 Å². The standard InChI is InChI=1S/C9H15N5O/c1-9(2,3)11-8(15)6-4-5-7(12-10)14-13-6/h4-5H,10H2,1-3H3,(H,11,15)(H,12,14). The summed E-state index contributed by atoms with van der Waals surface area (Å²) in [7, 11) is 0. The molecule has 4 N–H and O–H groups in total. The number of carbonyl (C=O) groups excluding carboxylic acids is 1. The van der Waals surface area contributed by atoms with Gasteiger partial charge in [-0.3, -0.25) is 4.79 Å². The van der Waals surface area contributed by atoms with E-state index < -0.39 is 0 Å². The molecule has 0 radical (unpaired) electrons. The fraction of sp³-hybridized carbons (Fsp3) is 0.444. The average molecular weight is 209 g/mol. The molecule has 0 unspecified atom stereocenters. The Morgan fingerprint density at radius 1 is 1.33 bits per heavy atom. The summed E-state index contributed by atoms with van der Waals surface area (Å²) in [6, 6.07) is 3.15. The van der Waals surface area contributed by atoms with E-state index in [4.69, 9.17) is 5.84 Å². The molecule has 1 amide bonds. The zero-order chi connectivity index (χ0) is 11.5. The number of rotatable bonds is 2. The highest BCUT2D eigenvalue weighted by Crippen LogP contribution is 2.03. The quantitative estimate of drug-likeness (QED) is 0.481. The molecule has 1 rings (SSSR count). The number of hydrogen-bond donors (Lipinski definition) is 3. The Hall–Kier alpha value is -1.69. The zero-order valence-electron chi connectivity index (χ0n) is 9.03. The SMILES string of the molecule is CC(C)(C)NC(=O)c1ccc(NN)nn1. The van der Waals surface area contributed by atoms with Gasteiger partial charge in [0.15, 0.2) is 11.5 Å². The minimum atomic E-state index is -0.288. The van der Waals surface area contributed by atoms with Crippen molar-refractivity contribution < 1.29 is 4.79 Å². The predicted octanol–water partition coefficient (Wildman–Crippen LogP) is 0.290. The van der Waals surface area contributed by atoms with E-state index >= 15 is 0 Å². The summed E-state index contributed by atoms with van der Waals surface area (Å²) < 4.78 is 0. The van der Waals surface area contributed by atoms with E-state index in [2.05, 4.69) is 20.9 Å². The van der Waals surface area contributed by atoms with E-state index in [1.807, 2.05) is 20.8 Å². The van der Waals surface area contributed by atoms with Gasteiger partial charge in [-0.2, -0.15) is 0 Å². The molecule has 0 saturated carbocycles. The van der Waals surface area contributed by atoms with Gasteiger partial charge in [-0.1, -0.05) is 0 Å². The Morgan fingerprint density at radius 2 is 2.00 bits per heavy atom. The lowest BCUT2D eigenvalue weighted by atomic mass is 10.1. The number of carbonyl (C=O) groups is 1. The highest BCUT2D eigenvalue weighted by atomic mass is 16.2. The van der Waals surface area contributed by atoms with Crippen LogP contribution in [0.4, 0.5) is 5.82 Å². The fourth-order valence-corrected chi connectivity index (χ4v) is 0.935. The van der Waals surface area contributed by atoms with E-state index in [9.17, 15) is 4.79 Å². The Labute approximate surface area is 88.2 Å². The minimum absolute atomic E-state index is 0.251. The number of nitrogens with two attached hydrogens (primary N) is 1. The maximum atomic E-state index is 11.6. The molecular formula is C9H15N5O. The highest BCUT2D eigenvalue weighted by molar-refractivity contribution is 5.92. The van der Waals surface area contributed by atoms with Crippen LogP contribution in [0.25, 0.3) is 0 Å². The van der Waals surface area contributed by atoms with Crippen molar-refractivity contribution in [2.24, 2.45) is 5.84 Å². The lowest BCUT2D eigenvalue weighted by molar-refractivity contribution is 0.0913. The number of anilines is 1. The van der Waals surface area contributed by atoms with Crippen molar-refractivity contribution in [1.82, 2.24) is 15.5 Å². The first kappa shape index (κ1) is 11.4. The monoisotopic (exact) mass is 209 g/mol. The third-order valence-electron chi connectivity index (χ3n) is 1.53. The average Bonchev–Trinajstić information content (AvgIpc) is 2.15.